The summed E-state index contributed by atoms with van der Waals surface area (Å²) in [6, 6.07) is 4.40. The van der Waals surface area contributed by atoms with Crippen molar-refractivity contribution in [3.63, 3.8) is 0 Å². The van der Waals surface area contributed by atoms with Crippen molar-refractivity contribution in [2.75, 3.05) is 18.0 Å². The molecule has 1 saturated heterocycles. The predicted octanol–water partition coefficient (Wildman–Crippen LogP) is 1.74. The minimum absolute atomic E-state index is 0.0132. The van der Waals surface area contributed by atoms with E-state index in [9.17, 15) is 0 Å². The Morgan fingerprint density at radius 3 is 2.76 bits per heavy atom. The SMILES string of the molecule is CC(C)C1(N)CN(c2ccc3c(n2)CCC3)C1. The molecule has 3 nitrogen and oxygen atoms in total. The van der Waals surface area contributed by atoms with Crippen LogP contribution < -0.4 is 10.6 Å². The molecule has 1 aromatic heterocycles. The number of fused-ring (bicyclic) bond motifs is 1. The van der Waals surface area contributed by atoms with Crippen LogP contribution in [0.1, 0.15) is 31.5 Å². The van der Waals surface area contributed by atoms with Gasteiger partial charge in [-0.1, -0.05) is 19.9 Å². The van der Waals surface area contributed by atoms with Crippen molar-refractivity contribution in [2.24, 2.45) is 11.7 Å². The summed E-state index contributed by atoms with van der Waals surface area (Å²) in [5.41, 5.74) is 9.05. The number of hydrogen-bond acceptors (Lipinski definition) is 3. The van der Waals surface area contributed by atoms with Crippen LogP contribution in [0.5, 0.6) is 0 Å². The fourth-order valence-electron chi connectivity index (χ4n) is 2.78. The van der Waals surface area contributed by atoms with Crippen LogP contribution in [0.2, 0.25) is 0 Å². The van der Waals surface area contributed by atoms with Gasteiger partial charge in [-0.3, -0.25) is 0 Å². The molecule has 0 unspecified atom stereocenters. The highest BCUT2D eigenvalue weighted by Crippen LogP contribution is 2.31. The van der Waals surface area contributed by atoms with Crippen molar-refractivity contribution < 1.29 is 0 Å². The van der Waals surface area contributed by atoms with Crippen LogP contribution in [-0.2, 0) is 12.8 Å². The monoisotopic (exact) mass is 231 g/mol. The Morgan fingerprint density at radius 2 is 2.06 bits per heavy atom. The van der Waals surface area contributed by atoms with E-state index in [0.717, 1.165) is 25.3 Å². The maximum atomic E-state index is 6.32. The number of aromatic nitrogens is 1. The summed E-state index contributed by atoms with van der Waals surface area (Å²) >= 11 is 0. The van der Waals surface area contributed by atoms with E-state index in [2.05, 4.69) is 30.9 Å². The van der Waals surface area contributed by atoms with Crippen molar-refractivity contribution in [1.29, 1.82) is 0 Å². The molecule has 0 spiro atoms. The van der Waals surface area contributed by atoms with Gasteiger partial charge in [0, 0.05) is 18.8 Å². The molecule has 1 aliphatic heterocycles. The average Bonchev–Trinajstić information content (AvgIpc) is 2.71. The van der Waals surface area contributed by atoms with Crippen molar-refractivity contribution in [3.8, 4) is 0 Å². The van der Waals surface area contributed by atoms with Crippen molar-refractivity contribution in [1.82, 2.24) is 4.98 Å². The van der Waals surface area contributed by atoms with Crippen LogP contribution >= 0.6 is 0 Å². The second-order valence-corrected chi connectivity index (χ2v) is 5.87. The van der Waals surface area contributed by atoms with Crippen LogP contribution in [0.15, 0.2) is 12.1 Å². The van der Waals surface area contributed by atoms with E-state index in [-0.39, 0.29) is 5.54 Å². The van der Waals surface area contributed by atoms with Crippen molar-refractivity contribution in [3.05, 3.63) is 23.4 Å². The predicted molar refractivity (Wildman–Crippen MR) is 70.2 cm³/mol. The second-order valence-electron chi connectivity index (χ2n) is 5.87. The Balaban J connectivity index is 1.75. The number of rotatable bonds is 2. The van der Waals surface area contributed by atoms with E-state index in [1.54, 1.807) is 0 Å². The minimum Gasteiger partial charge on any atom is -0.353 e. The van der Waals surface area contributed by atoms with Crippen molar-refractivity contribution in [2.45, 2.75) is 38.6 Å². The van der Waals surface area contributed by atoms with Gasteiger partial charge in [0.25, 0.3) is 0 Å². The molecule has 0 atom stereocenters. The maximum absolute atomic E-state index is 6.32. The lowest BCUT2D eigenvalue weighted by atomic mass is 9.80. The number of pyridine rings is 1. The highest BCUT2D eigenvalue weighted by atomic mass is 15.3. The third kappa shape index (κ3) is 1.73. The molecule has 2 heterocycles. The molecule has 1 aromatic rings. The molecule has 2 aliphatic rings. The molecular weight excluding hydrogens is 210 g/mol. The number of nitrogens with zero attached hydrogens (tertiary/aromatic N) is 2. The normalized spacial score (nSPS) is 21.5. The second kappa shape index (κ2) is 3.70. The van der Waals surface area contributed by atoms with E-state index in [1.165, 1.54) is 24.1 Å². The summed E-state index contributed by atoms with van der Waals surface area (Å²) in [6.07, 6.45) is 3.61. The smallest absolute Gasteiger partial charge is 0.128 e. The molecular formula is C14H21N3. The Morgan fingerprint density at radius 1 is 1.29 bits per heavy atom. The summed E-state index contributed by atoms with van der Waals surface area (Å²) in [4.78, 5) is 7.07. The zero-order valence-corrected chi connectivity index (χ0v) is 10.7. The van der Waals surface area contributed by atoms with Gasteiger partial charge in [-0.25, -0.2) is 4.98 Å². The topological polar surface area (TPSA) is 42.1 Å². The Bertz CT molecular complexity index is 433. The molecule has 1 aliphatic carbocycles. The van der Waals surface area contributed by atoms with Crippen LogP contribution in [-0.4, -0.2) is 23.6 Å². The highest BCUT2D eigenvalue weighted by Gasteiger charge is 2.42. The van der Waals surface area contributed by atoms with Gasteiger partial charge in [0.1, 0.15) is 5.82 Å². The number of hydrogen-bond donors (Lipinski definition) is 1. The number of anilines is 1. The van der Waals surface area contributed by atoms with Gasteiger partial charge >= 0.3 is 0 Å². The Kier molecular flexibility index (Phi) is 2.40. The average molecular weight is 231 g/mol. The fraction of sp³-hybridized carbons (Fsp3) is 0.643. The maximum Gasteiger partial charge on any atom is 0.128 e. The van der Waals surface area contributed by atoms with Gasteiger partial charge in [-0.15, -0.1) is 0 Å². The zero-order chi connectivity index (χ0) is 12.0. The summed E-state index contributed by atoms with van der Waals surface area (Å²) < 4.78 is 0. The lowest BCUT2D eigenvalue weighted by Crippen LogP contribution is -2.70. The first-order chi connectivity index (χ1) is 8.08. The van der Waals surface area contributed by atoms with Gasteiger partial charge in [-0.05, 0) is 36.8 Å². The molecule has 0 saturated carbocycles. The summed E-state index contributed by atoms with van der Waals surface area (Å²) in [6.45, 7) is 6.29. The van der Waals surface area contributed by atoms with Gasteiger partial charge in [0.2, 0.25) is 0 Å². The number of nitrogens with two attached hydrogens (primary N) is 1. The third-order valence-electron chi connectivity index (χ3n) is 4.36. The molecule has 0 bridgehead atoms. The quantitative estimate of drug-likeness (QED) is 0.843. The van der Waals surface area contributed by atoms with Crippen LogP contribution in [0, 0.1) is 5.92 Å². The summed E-state index contributed by atoms with van der Waals surface area (Å²) in [5.74, 6) is 1.65. The minimum atomic E-state index is -0.0132. The third-order valence-corrected chi connectivity index (χ3v) is 4.36. The largest absolute Gasteiger partial charge is 0.353 e. The van der Waals surface area contributed by atoms with E-state index < -0.39 is 0 Å². The molecule has 17 heavy (non-hydrogen) atoms. The first-order valence-corrected chi connectivity index (χ1v) is 6.61. The number of aryl methyl sites for hydroxylation is 2. The summed E-state index contributed by atoms with van der Waals surface area (Å²) in [7, 11) is 0. The van der Waals surface area contributed by atoms with Crippen LogP contribution in [0.3, 0.4) is 0 Å². The molecule has 1 fully saturated rings. The van der Waals surface area contributed by atoms with Gasteiger partial charge in [-0.2, -0.15) is 0 Å². The molecule has 2 N–H and O–H groups in total. The van der Waals surface area contributed by atoms with Crippen molar-refractivity contribution >= 4 is 5.82 Å². The van der Waals surface area contributed by atoms with Gasteiger partial charge < -0.3 is 10.6 Å². The standard InChI is InChI=1S/C14H21N3/c1-10(2)14(15)8-17(9-14)13-7-6-11-4-3-5-12(11)16-13/h6-7,10H,3-5,8-9,15H2,1-2H3. The highest BCUT2D eigenvalue weighted by molar-refractivity contribution is 5.47. The lowest BCUT2D eigenvalue weighted by Gasteiger charge is -2.51. The fourth-order valence-corrected chi connectivity index (χ4v) is 2.78. The molecule has 0 aromatic carbocycles. The van der Waals surface area contributed by atoms with E-state index in [0.29, 0.717) is 5.92 Å². The molecule has 0 amide bonds. The molecule has 92 valence electrons. The summed E-state index contributed by atoms with van der Waals surface area (Å²) in [5, 5.41) is 0. The molecule has 3 rings (SSSR count). The Labute approximate surface area is 103 Å². The lowest BCUT2D eigenvalue weighted by molar-refractivity contribution is 0.243. The Hall–Kier alpha value is -1.09. The van der Waals surface area contributed by atoms with E-state index in [1.807, 2.05) is 0 Å². The van der Waals surface area contributed by atoms with E-state index in [4.69, 9.17) is 10.7 Å². The van der Waals surface area contributed by atoms with E-state index >= 15 is 0 Å². The first kappa shape index (κ1) is 11.0. The molecule has 3 heteroatoms. The zero-order valence-electron chi connectivity index (χ0n) is 10.7. The van der Waals surface area contributed by atoms with Gasteiger partial charge in [0.05, 0.1) is 5.54 Å². The van der Waals surface area contributed by atoms with Gasteiger partial charge in [0.15, 0.2) is 0 Å². The molecule has 0 radical (unpaired) electrons. The first-order valence-electron chi connectivity index (χ1n) is 6.61. The van der Waals surface area contributed by atoms with Crippen LogP contribution in [0.25, 0.3) is 0 Å². The van der Waals surface area contributed by atoms with Crippen LogP contribution in [0.4, 0.5) is 5.82 Å².